The third-order valence-corrected chi connectivity index (χ3v) is 3.04. The summed E-state index contributed by atoms with van der Waals surface area (Å²) in [6.45, 7) is 15.9. The Morgan fingerprint density at radius 2 is 1.88 bits per heavy atom. The highest BCUT2D eigenvalue weighted by atomic mass is 16.5. The van der Waals surface area contributed by atoms with Crippen LogP contribution in [0, 0.1) is 5.41 Å². The van der Waals surface area contributed by atoms with Gasteiger partial charge in [0.25, 0.3) is 0 Å². The van der Waals surface area contributed by atoms with Crippen molar-refractivity contribution in [3.8, 4) is 0 Å². The molecule has 0 amide bonds. The lowest BCUT2D eigenvalue weighted by Gasteiger charge is -2.34. The van der Waals surface area contributed by atoms with E-state index in [1.165, 1.54) is 0 Å². The van der Waals surface area contributed by atoms with Gasteiger partial charge in [0.2, 0.25) is 0 Å². The molecule has 1 atom stereocenters. The number of hydrogen-bond acceptors (Lipinski definition) is 3. The minimum absolute atomic E-state index is 0.299. The van der Waals surface area contributed by atoms with Crippen molar-refractivity contribution in [2.75, 3.05) is 39.9 Å². The van der Waals surface area contributed by atoms with Crippen molar-refractivity contribution >= 4 is 0 Å². The van der Waals surface area contributed by atoms with Crippen molar-refractivity contribution in [3.63, 3.8) is 0 Å². The fourth-order valence-electron chi connectivity index (χ4n) is 1.77. The Labute approximate surface area is 102 Å². The van der Waals surface area contributed by atoms with Crippen LogP contribution in [0.4, 0.5) is 0 Å². The number of ether oxygens (including phenoxy) is 1. The maximum atomic E-state index is 5.40. The second-order valence-electron chi connectivity index (χ2n) is 5.30. The van der Waals surface area contributed by atoms with E-state index in [0.29, 0.717) is 11.5 Å². The quantitative estimate of drug-likeness (QED) is 0.645. The highest BCUT2D eigenvalue weighted by Crippen LogP contribution is 2.19. The second kappa shape index (κ2) is 8.04. The molecule has 0 heterocycles. The number of nitrogens with one attached hydrogen (secondary N) is 1. The van der Waals surface area contributed by atoms with E-state index in [0.717, 1.165) is 32.8 Å². The standard InChI is InChI=1S/C13H30N2O/c1-7-15(9-10-16-8-2)11-12(14-6)13(3,4)5/h12,14H,7-11H2,1-6H3. The van der Waals surface area contributed by atoms with Gasteiger partial charge in [0.05, 0.1) is 6.61 Å². The van der Waals surface area contributed by atoms with Crippen molar-refractivity contribution in [3.05, 3.63) is 0 Å². The predicted octanol–water partition coefficient (Wildman–Crippen LogP) is 1.98. The van der Waals surface area contributed by atoms with E-state index in [1.807, 2.05) is 14.0 Å². The molecule has 0 aromatic carbocycles. The Balaban J connectivity index is 4.07. The van der Waals surface area contributed by atoms with Gasteiger partial charge in [-0.25, -0.2) is 0 Å². The molecule has 98 valence electrons. The van der Waals surface area contributed by atoms with Crippen LogP contribution in [-0.4, -0.2) is 50.8 Å². The molecule has 0 saturated heterocycles. The molecule has 0 aliphatic rings. The number of hydrogen-bond donors (Lipinski definition) is 1. The first-order chi connectivity index (χ1) is 7.45. The molecule has 1 unspecified atom stereocenters. The van der Waals surface area contributed by atoms with Gasteiger partial charge in [0, 0.05) is 25.7 Å². The molecule has 0 aromatic rings. The van der Waals surface area contributed by atoms with Crippen LogP contribution in [-0.2, 0) is 4.74 Å². The first kappa shape index (κ1) is 15.9. The van der Waals surface area contributed by atoms with Crippen LogP contribution < -0.4 is 5.32 Å². The molecule has 0 fully saturated rings. The Morgan fingerprint density at radius 3 is 2.25 bits per heavy atom. The summed E-state index contributed by atoms with van der Waals surface area (Å²) in [6, 6.07) is 0.522. The van der Waals surface area contributed by atoms with E-state index in [2.05, 4.69) is 37.9 Å². The Hall–Kier alpha value is -0.120. The SMILES string of the molecule is CCOCCN(CC)CC(NC)C(C)(C)C. The van der Waals surface area contributed by atoms with Gasteiger partial charge in [-0.05, 0) is 25.9 Å². The summed E-state index contributed by atoms with van der Waals surface area (Å²) in [7, 11) is 2.05. The Morgan fingerprint density at radius 1 is 1.25 bits per heavy atom. The maximum absolute atomic E-state index is 5.40. The van der Waals surface area contributed by atoms with Crippen molar-refractivity contribution in [1.29, 1.82) is 0 Å². The smallest absolute Gasteiger partial charge is 0.0593 e. The summed E-state index contributed by atoms with van der Waals surface area (Å²) in [4.78, 5) is 2.45. The molecule has 3 nitrogen and oxygen atoms in total. The third kappa shape index (κ3) is 6.46. The summed E-state index contributed by atoms with van der Waals surface area (Å²) < 4.78 is 5.40. The Bertz CT molecular complexity index is 166. The minimum atomic E-state index is 0.299. The first-order valence-corrected chi connectivity index (χ1v) is 6.43. The van der Waals surface area contributed by atoms with Crippen LogP contribution in [0.1, 0.15) is 34.6 Å². The lowest BCUT2D eigenvalue weighted by molar-refractivity contribution is 0.102. The largest absolute Gasteiger partial charge is 0.380 e. The van der Waals surface area contributed by atoms with Crippen LogP contribution >= 0.6 is 0 Å². The van der Waals surface area contributed by atoms with Crippen LogP contribution in [0.2, 0.25) is 0 Å². The lowest BCUT2D eigenvalue weighted by atomic mass is 9.86. The van der Waals surface area contributed by atoms with Crippen LogP contribution in [0.25, 0.3) is 0 Å². The van der Waals surface area contributed by atoms with E-state index in [4.69, 9.17) is 4.74 Å². The van der Waals surface area contributed by atoms with Crippen LogP contribution in [0.15, 0.2) is 0 Å². The minimum Gasteiger partial charge on any atom is -0.380 e. The molecule has 0 aliphatic heterocycles. The van der Waals surface area contributed by atoms with Gasteiger partial charge in [0.15, 0.2) is 0 Å². The van der Waals surface area contributed by atoms with Crippen LogP contribution in [0.3, 0.4) is 0 Å². The normalized spacial score (nSPS) is 14.4. The monoisotopic (exact) mass is 230 g/mol. The molecule has 0 spiro atoms. The van der Waals surface area contributed by atoms with Gasteiger partial charge in [-0.15, -0.1) is 0 Å². The van der Waals surface area contributed by atoms with E-state index in [1.54, 1.807) is 0 Å². The average molecular weight is 230 g/mol. The topological polar surface area (TPSA) is 24.5 Å². The molecule has 0 radical (unpaired) electrons. The van der Waals surface area contributed by atoms with Crippen LogP contribution in [0.5, 0.6) is 0 Å². The third-order valence-electron chi connectivity index (χ3n) is 3.04. The van der Waals surface area contributed by atoms with Crippen molar-refractivity contribution in [1.82, 2.24) is 10.2 Å². The van der Waals surface area contributed by atoms with E-state index < -0.39 is 0 Å². The summed E-state index contributed by atoms with van der Waals surface area (Å²) in [6.07, 6.45) is 0. The van der Waals surface area contributed by atoms with E-state index in [-0.39, 0.29) is 0 Å². The molecule has 0 rings (SSSR count). The van der Waals surface area contributed by atoms with Gasteiger partial charge in [-0.3, -0.25) is 4.90 Å². The highest BCUT2D eigenvalue weighted by molar-refractivity contribution is 4.82. The average Bonchev–Trinajstić information content (AvgIpc) is 2.21. The number of nitrogens with zero attached hydrogens (tertiary/aromatic N) is 1. The highest BCUT2D eigenvalue weighted by Gasteiger charge is 2.24. The van der Waals surface area contributed by atoms with Gasteiger partial charge < -0.3 is 10.1 Å². The van der Waals surface area contributed by atoms with Gasteiger partial charge in [-0.1, -0.05) is 27.7 Å². The molecule has 1 N–H and O–H groups in total. The second-order valence-corrected chi connectivity index (χ2v) is 5.30. The van der Waals surface area contributed by atoms with Crippen molar-refractivity contribution in [2.24, 2.45) is 5.41 Å². The van der Waals surface area contributed by atoms with E-state index >= 15 is 0 Å². The van der Waals surface area contributed by atoms with Gasteiger partial charge in [0.1, 0.15) is 0 Å². The molecule has 0 aromatic heterocycles. The fourth-order valence-corrected chi connectivity index (χ4v) is 1.77. The zero-order chi connectivity index (χ0) is 12.6. The zero-order valence-electron chi connectivity index (χ0n) is 12.0. The first-order valence-electron chi connectivity index (χ1n) is 6.43. The summed E-state index contributed by atoms with van der Waals surface area (Å²) in [5.41, 5.74) is 0.299. The van der Waals surface area contributed by atoms with Gasteiger partial charge >= 0.3 is 0 Å². The predicted molar refractivity (Wildman–Crippen MR) is 70.9 cm³/mol. The lowest BCUT2D eigenvalue weighted by Crippen LogP contribution is -2.47. The molecule has 16 heavy (non-hydrogen) atoms. The molecule has 0 aliphatic carbocycles. The molecular formula is C13H30N2O. The number of likely N-dealkylation sites (N-methyl/N-ethyl adjacent to an activating group) is 2. The molecule has 0 saturated carbocycles. The summed E-state index contributed by atoms with van der Waals surface area (Å²) in [5, 5.41) is 3.41. The summed E-state index contributed by atoms with van der Waals surface area (Å²) in [5.74, 6) is 0. The molecule has 3 heteroatoms. The van der Waals surface area contributed by atoms with Gasteiger partial charge in [-0.2, -0.15) is 0 Å². The zero-order valence-corrected chi connectivity index (χ0v) is 12.0. The molecule has 0 bridgehead atoms. The van der Waals surface area contributed by atoms with Crippen molar-refractivity contribution < 1.29 is 4.74 Å². The van der Waals surface area contributed by atoms with E-state index in [9.17, 15) is 0 Å². The van der Waals surface area contributed by atoms with Crippen molar-refractivity contribution in [2.45, 2.75) is 40.7 Å². The summed E-state index contributed by atoms with van der Waals surface area (Å²) >= 11 is 0. The molecular weight excluding hydrogens is 200 g/mol. The fraction of sp³-hybridized carbons (Fsp3) is 1.00. The Kier molecular flexibility index (Phi) is 7.98. The maximum Gasteiger partial charge on any atom is 0.0593 e. The number of rotatable bonds is 8.